The van der Waals surface area contributed by atoms with Crippen molar-refractivity contribution in [2.75, 3.05) is 27.7 Å². The van der Waals surface area contributed by atoms with E-state index < -0.39 is 0 Å². The number of unbranched alkanes of at least 4 members (excludes halogenated alkanes) is 20. The maximum absolute atomic E-state index is 2.62. The lowest BCUT2D eigenvalue weighted by molar-refractivity contribution is 0.0916. The maximum Gasteiger partial charge on any atom is 0.0614 e. The third-order valence-electron chi connectivity index (χ3n) is 7.29. The summed E-state index contributed by atoms with van der Waals surface area (Å²) in [5.74, 6) is 0. The first-order valence-corrected chi connectivity index (χ1v) is 15.0. The average molecular weight is 453 g/mol. The van der Waals surface area contributed by atoms with Gasteiger partial charge in [-0.05, 0) is 40.5 Å². The topological polar surface area (TPSA) is 6.48 Å². The molecular formula is C30H64N2. The Morgan fingerprint density at radius 3 is 1.06 bits per heavy atom. The fraction of sp³-hybridized carbons (Fsp3) is 1.00. The van der Waals surface area contributed by atoms with Crippen molar-refractivity contribution < 1.29 is 0 Å². The van der Waals surface area contributed by atoms with E-state index in [1.807, 2.05) is 0 Å². The number of rotatable bonds is 26. The summed E-state index contributed by atoms with van der Waals surface area (Å²) in [6, 6.07) is 0. The van der Waals surface area contributed by atoms with Gasteiger partial charge in [0.05, 0.1) is 6.17 Å². The molecule has 0 N–H and O–H groups in total. The lowest BCUT2D eigenvalue weighted by Crippen LogP contribution is -2.43. The Labute approximate surface area is 205 Å². The molecule has 0 radical (unpaired) electrons. The van der Waals surface area contributed by atoms with Gasteiger partial charge in [0, 0.05) is 0 Å². The lowest BCUT2D eigenvalue weighted by atomic mass is 10.0. The van der Waals surface area contributed by atoms with Crippen LogP contribution < -0.4 is 0 Å². The van der Waals surface area contributed by atoms with Crippen molar-refractivity contribution in [1.29, 1.82) is 0 Å². The Bertz CT molecular complexity index is 342. The van der Waals surface area contributed by atoms with Gasteiger partial charge in [-0.15, -0.1) is 0 Å². The molecule has 0 bridgehead atoms. The molecule has 0 saturated carbocycles. The molecule has 2 nitrogen and oxygen atoms in total. The summed E-state index contributed by atoms with van der Waals surface area (Å²) in [6.07, 6.45) is 33.5. The molecule has 0 heterocycles. The highest BCUT2D eigenvalue weighted by atomic mass is 15.3. The Kier molecular flexibility index (Phi) is 25.5. The number of nitrogens with zero attached hydrogens (tertiary/aromatic N) is 2. The van der Waals surface area contributed by atoms with E-state index in [1.165, 1.54) is 154 Å². The normalized spacial score (nSPS) is 12.8. The Balaban J connectivity index is 3.58. The molecule has 1 unspecified atom stereocenters. The van der Waals surface area contributed by atoms with Crippen molar-refractivity contribution in [1.82, 2.24) is 9.80 Å². The molecule has 0 aliphatic heterocycles. The fourth-order valence-corrected chi connectivity index (χ4v) is 5.04. The molecule has 0 aliphatic rings. The Hall–Kier alpha value is -0.0800. The first kappa shape index (κ1) is 31.9. The summed E-state index contributed by atoms with van der Waals surface area (Å²) >= 11 is 0. The second-order valence-electron chi connectivity index (χ2n) is 10.8. The second-order valence-corrected chi connectivity index (χ2v) is 10.8. The van der Waals surface area contributed by atoms with Gasteiger partial charge in [0.15, 0.2) is 0 Å². The molecule has 0 amide bonds. The standard InChI is InChI=1S/C30H64N2/c1-6-8-10-12-14-16-18-19-21-23-25-27-29-32(5)30(31(3)4)28-26-24-22-20-17-15-13-11-9-7-2/h30H,6-29H2,1-5H3. The van der Waals surface area contributed by atoms with Crippen molar-refractivity contribution in [3.05, 3.63) is 0 Å². The van der Waals surface area contributed by atoms with Gasteiger partial charge in [0.2, 0.25) is 0 Å². The predicted octanol–water partition coefficient (Wildman–Crippen LogP) is 9.82. The number of hydrogen-bond acceptors (Lipinski definition) is 2. The third kappa shape index (κ3) is 21.7. The quantitative estimate of drug-likeness (QED) is 0.0951. The van der Waals surface area contributed by atoms with Gasteiger partial charge in [-0.3, -0.25) is 9.80 Å². The SMILES string of the molecule is CCCCCCCCCCCCCCN(C)C(CCCCCCCCCCCC)N(C)C. The molecule has 32 heavy (non-hydrogen) atoms. The minimum atomic E-state index is 0.622. The predicted molar refractivity (Wildman–Crippen MR) is 148 cm³/mol. The van der Waals surface area contributed by atoms with Gasteiger partial charge >= 0.3 is 0 Å². The van der Waals surface area contributed by atoms with Crippen LogP contribution in [0, 0.1) is 0 Å². The molecule has 0 fully saturated rings. The Morgan fingerprint density at radius 2 is 0.719 bits per heavy atom. The summed E-state index contributed by atoms with van der Waals surface area (Å²) in [6.45, 7) is 5.87. The summed E-state index contributed by atoms with van der Waals surface area (Å²) in [5, 5.41) is 0. The highest BCUT2D eigenvalue weighted by Crippen LogP contribution is 2.16. The first-order chi connectivity index (χ1) is 15.6. The molecule has 0 aromatic rings. The van der Waals surface area contributed by atoms with Gasteiger partial charge in [0.1, 0.15) is 0 Å². The second kappa shape index (κ2) is 25.5. The zero-order valence-corrected chi connectivity index (χ0v) is 23.4. The van der Waals surface area contributed by atoms with E-state index in [-0.39, 0.29) is 0 Å². The smallest absolute Gasteiger partial charge is 0.0614 e. The van der Waals surface area contributed by atoms with Crippen molar-refractivity contribution >= 4 is 0 Å². The van der Waals surface area contributed by atoms with E-state index in [0.717, 1.165) is 0 Å². The molecule has 2 heteroatoms. The van der Waals surface area contributed by atoms with E-state index in [2.05, 4.69) is 44.8 Å². The maximum atomic E-state index is 2.62. The highest BCUT2D eigenvalue weighted by molar-refractivity contribution is 4.67. The zero-order chi connectivity index (χ0) is 23.7. The van der Waals surface area contributed by atoms with Crippen LogP contribution in [0.3, 0.4) is 0 Å². The van der Waals surface area contributed by atoms with E-state index in [4.69, 9.17) is 0 Å². The monoisotopic (exact) mass is 453 g/mol. The molecular weight excluding hydrogens is 388 g/mol. The van der Waals surface area contributed by atoms with Crippen LogP contribution in [0.15, 0.2) is 0 Å². The summed E-state index contributed by atoms with van der Waals surface area (Å²) in [5.41, 5.74) is 0. The van der Waals surface area contributed by atoms with Crippen LogP contribution in [-0.2, 0) is 0 Å². The minimum Gasteiger partial charge on any atom is -0.294 e. The van der Waals surface area contributed by atoms with Crippen LogP contribution in [0.2, 0.25) is 0 Å². The van der Waals surface area contributed by atoms with Crippen LogP contribution in [0.4, 0.5) is 0 Å². The van der Waals surface area contributed by atoms with Crippen LogP contribution >= 0.6 is 0 Å². The first-order valence-electron chi connectivity index (χ1n) is 15.0. The van der Waals surface area contributed by atoms with Crippen molar-refractivity contribution in [3.63, 3.8) is 0 Å². The third-order valence-corrected chi connectivity index (χ3v) is 7.29. The lowest BCUT2D eigenvalue weighted by Gasteiger charge is -2.33. The van der Waals surface area contributed by atoms with E-state index >= 15 is 0 Å². The zero-order valence-electron chi connectivity index (χ0n) is 23.4. The summed E-state index contributed by atoms with van der Waals surface area (Å²) < 4.78 is 0. The largest absolute Gasteiger partial charge is 0.294 e. The average Bonchev–Trinajstić information content (AvgIpc) is 2.77. The van der Waals surface area contributed by atoms with Gasteiger partial charge in [-0.2, -0.15) is 0 Å². The number of hydrogen-bond donors (Lipinski definition) is 0. The van der Waals surface area contributed by atoms with Gasteiger partial charge in [-0.25, -0.2) is 0 Å². The van der Waals surface area contributed by atoms with Gasteiger partial charge < -0.3 is 0 Å². The van der Waals surface area contributed by atoms with E-state index in [1.54, 1.807) is 0 Å². The highest BCUT2D eigenvalue weighted by Gasteiger charge is 2.16. The van der Waals surface area contributed by atoms with Gasteiger partial charge in [-0.1, -0.05) is 149 Å². The van der Waals surface area contributed by atoms with Crippen molar-refractivity contribution in [3.8, 4) is 0 Å². The summed E-state index contributed by atoms with van der Waals surface area (Å²) in [4.78, 5) is 5.05. The van der Waals surface area contributed by atoms with Gasteiger partial charge in [0.25, 0.3) is 0 Å². The fourth-order valence-electron chi connectivity index (χ4n) is 5.04. The molecule has 0 saturated heterocycles. The molecule has 0 aromatic carbocycles. The molecule has 0 rings (SSSR count). The molecule has 194 valence electrons. The van der Waals surface area contributed by atoms with Crippen LogP contribution in [-0.4, -0.2) is 43.7 Å². The Morgan fingerprint density at radius 1 is 0.406 bits per heavy atom. The van der Waals surface area contributed by atoms with E-state index in [0.29, 0.717) is 6.17 Å². The van der Waals surface area contributed by atoms with Crippen molar-refractivity contribution in [2.45, 2.75) is 168 Å². The molecule has 0 aliphatic carbocycles. The van der Waals surface area contributed by atoms with Crippen LogP contribution in [0.25, 0.3) is 0 Å². The van der Waals surface area contributed by atoms with Crippen molar-refractivity contribution in [2.24, 2.45) is 0 Å². The molecule has 0 aromatic heterocycles. The van der Waals surface area contributed by atoms with E-state index in [9.17, 15) is 0 Å². The van der Waals surface area contributed by atoms with Crippen LogP contribution in [0.1, 0.15) is 162 Å². The van der Waals surface area contributed by atoms with Crippen LogP contribution in [0.5, 0.6) is 0 Å². The molecule has 1 atom stereocenters. The minimum absolute atomic E-state index is 0.622. The summed E-state index contributed by atoms with van der Waals surface area (Å²) in [7, 11) is 6.87. The molecule has 0 spiro atoms.